The summed E-state index contributed by atoms with van der Waals surface area (Å²) in [5.41, 5.74) is 6.41. The molecule has 1 rings (SSSR count). The van der Waals surface area contributed by atoms with Gasteiger partial charge >= 0.3 is 0 Å². The molecule has 0 bridgehead atoms. The predicted molar refractivity (Wildman–Crippen MR) is 91.5 cm³/mol. The van der Waals surface area contributed by atoms with Gasteiger partial charge in [-0.15, -0.1) is 0 Å². The molecule has 0 amide bonds. The lowest BCUT2D eigenvalue weighted by Crippen LogP contribution is -2.33. The zero-order chi connectivity index (χ0) is 15.9. The SMILES string of the molecule is CSCCC(C)N(C)CCS(=O)(=O)c1cccc(CN)c1. The maximum Gasteiger partial charge on any atom is 0.179 e. The molecular formula is C15H26N2O2S2. The van der Waals surface area contributed by atoms with Crippen molar-refractivity contribution in [3.63, 3.8) is 0 Å². The van der Waals surface area contributed by atoms with Crippen molar-refractivity contribution in [2.24, 2.45) is 5.73 Å². The van der Waals surface area contributed by atoms with Gasteiger partial charge in [0.05, 0.1) is 10.6 Å². The summed E-state index contributed by atoms with van der Waals surface area (Å²) < 4.78 is 24.7. The van der Waals surface area contributed by atoms with E-state index in [1.807, 2.05) is 24.9 Å². The van der Waals surface area contributed by atoms with Crippen molar-refractivity contribution in [1.82, 2.24) is 4.90 Å². The number of hydrogen-bond acceptors (Lipinski definition) is 5. The summed E-state index contributed by atoms with van der Waals surface area (Å²) in [5.74, 6) is 1.23. The van der Waals surface area contributed by atoms with Gasteiger partial charge in [0.15, 0.2) is 9.84 Å². The normalized spacial score (nSPS) is 13.6. The Morgan fingerprint density at radius 3 is 2.71 bits per heavy atom. The van der Waals surface area contributed by atoms with E-state index in [1.54, 1.807) is 18.2 Å². The van der Waals surface area contributed by atoms with Gasteiger partial charge in [0.2, 0.25) is 0 Å². The van der Waals surface area contributed by atoms with Crippen LogP contribution in [0.15, 0.2) is 29.2 Å². The van der Waals surface area contributed by atoms with Crippen LogP contribution in [0.5, 0.6) is 0 Å². The maximum absolute atomic E-state index is 12.4. The van der Waals surface area contributed by atoms with Crippen LogP contribution in [0.3, 0.4) is 0 Å². The van der Waals surface area contributed by atoms with Crippen LogP contribution < -0.4 is 5.73 Å². The largest absolute Gasteiger partial charge is 0.326 e. The molecule has 6 heteroatoms. The second kappa shape index (κ2) is 8.78. The molecule has 1 aromatic carbocycles. The molecule has 4 nitrogen and oxygen atoms in total. The van der Waals surface area contributed by atoms with Crippen molar-refractivity contribution in [2.75, 3.05) is 31.4 Å². The number of benzene rings is 1. The Balaban J connectivity index is 2.64. The van der Waals surface area contributed by atoms with Crippen LogP contribution in [0.4, 0.5) is 0 Å². The number of nitrogens with two attached hydrogens (primary N) is 1. The molecule has 0 saturated carbocycles. The highest BCUT2D eigenvalue weighted by Gasteiger charge is 2.17. The van der Waals surface area contributed by atoms with E-state index in [4.69, 9.17) is 5.73 Å². The monoisotopic (exact) mass is 330 g/mol. The average molecular weight is 331 g/mol. The van der Waals surface area contributed by atoms with Gasteiger partial charge in [0.25, 0.3) is 0 Å². The fourth-order valence-corrected chi connectivity index (χ4v) is 3.93. The summed E-state index contributed by atoms with van der Waals surface area (Å²) in [6.45, 7) is 3.04. The van der Waals surface area contributed by atoms with Crippen LogP contribution in [0, 0.1) is 0 Å². The molecule has 0 aliphatic heterocycles. The first-order chi connectivity index (χ1) is 9.90. The lowest BCUT2D eigenvalue weighted by molar-refractivity contribution is 0.267. The molecule has 120 valence electrons. The van der Waals surface area contributed by atoms with E-state index in [1.165, 1.54) is 0 Å². The van der Waals surface area contributed by atoms with Crippen LogP contribution >= 0.6 is 11.8 Å². The lowest BCUT2D eigenvalue weighted by atomic mass is 10.2. The molecule has 21 heavy (non-hydrogen) atoms. The first-order valence-electron chi connectivity index (χ1n) is 7.11. The topological polar surface area (TPSA) is 63.4 Å². The third kappa shape index (κ3) is 5.98. The molecule has 0 fully saturated rings. The van der Waals surface area contributed by atoms with Crippen LogP contribution in [-0.2, 0) is 16.4 Å². The standard InChI is InChI=1S/C15H26N2O2S2/c1-13(7-9-20-3)17(2)8-10-21(18,19)15-6-4-5-14(11-15)12-16/h4-6,11,13H,7-10,12,16H2,1-3H3. The van der Waals surface area contributed by atoms with Gasteiger partial charge in [0.1, 0.15) is 0 Å². The van der Waals surface area contributed by atoms with Gasteiger partial charge in [-0.2, -0.15) is 11.8 Å². The first kappa shape index (κ1) is 18.5. The molecule has 0 aliphatic rings. The second-order valence-electron chi connectivity index (χ2n) is 5.28. The van der Waals surface area contributed by atoms with Gasteiger partial charge < -0.3 is 10.6 Å². The minimum atomic E-state index is -3.24. The van der Waals surface area contributed by atoms with Crippen molar-refractivity contribution < 1.29 is 8.42 Å². The van der Waals surface area contributed by atoms with E-state index >= 15 is 0 Å². The third-order valence-corrected chi connectivity index (χ3v) is 6.03. The molecule has 1 unspecified atom stereocenters. The number of nitrogens with zero attached hydrogens (tertiary/aromatic N) is 1. The molecule has 1 atom stereocenters. The van der Waals surface area contributed by atoms with E-state index in [2.05, 4.69) is 18.1 Å². The second-order valence-corrected chi connectivity index (χ2v) is 8.38. The van der Waals surface area contributed by atoms with E-state index in [-0.39, 0.29) is 5.75 Å². The van der Waals surface area contributed by atoms with E-state index in [9.17, 15) is 8.42 Å². The Labute approximate surface area is 133 Å². The molecule has 0 heterocycles. The van der Waals surface area contributed by atoms with Gasteiger partial charge in [-0.1, -0.05) is 12.1 Å². The summed E-state index contributed by atoms with van der Waals surface area (Å²) in [5, 5.41) is 0. The van der Waals surface area contributed by atoms with Crippen LogP contribution in [0.25, 0.3) is 0 Å². The Morgan fingerprint density at radius 2 is 2.10 bits per heavy atom. The third-order valence-electron chi connectivity index (χ3n) is 3.70. The fraction of sp³-hybridized carbons (Fsp3) is 0.600. The Hall–Kier alpha value is -0.560. The number of rotatable bonds is 9. The summed E-state index contributed by atoms with van der Waals surface area (Å²) >= 11 is 1.82. The molecule has 0 saturated heterocycles. The fourth-order valence-electron chi connectivity index (χ4n) is 1.98. The van der Waals surface area contributed by atoms with Crippen LogP contribution in [-0.4, -0.2) is 50.7 Å². The van der Waals surface area contributed by atoms with Crippen LogP contribution in [0.2, 0.25) is 0 Å². The molecule has 0 radical (unpaired) electrons. The maximum atomic E-state index is 12.4. The molecule has 0 aliphatic carbocycles. The zero-order valence-electron chi connectivity index (χ0n) is 13.1. The van der Waals surface area contributed by atoms with E-state index < -0.39 is 9.84 Å². The smallest absolute Gasteiger partial charge is 0.179 e. The highest BCUT2D eigenvalue weighted by molar-refractivity contribution is 7.98. The molecular weight excluding hydrogens is 304 g/mol. The average Bonchev–Trinajstić information content (AvgIpc) is 2.50. The number of sulfone groups is 1. The van der Waals surface area contributed by atoms with Crippen LogP contribution in [0.1, 0.15) is 18.9 Å². The molecule has 1 aromatic rings. The van der Waals surface area contributed by atoms with Crippen molar-refractivity contribution >= 4 is 21.6 Å². The van der Waals surface area contributed by atoms with Gasteiger partial charge in [0, 0.05) is 19.1 Å². The quantitative estimate of drug-likeness (QED) is 0.750. The zero-order valence-corrected chi connectivity index (χ0v) is 14.7. The summed E-state index contributed by atoms with van der Waals surface area (Å²) in [4.78, 5) is 2.48. The molecule has 2 N–H and O–H groups in total. The number of hydrogen-bond donors (Lipinski definition) is 1. The summed E-state index contributed by atoms with van der Waals surface area (Å²) in [6.07, 6.45) is 3.15. The minimum Gasteiger partial charge on any atom is -0.326 e. The molecule has 0 aromatic heterocycles. The summed E-state index contributed by atoms with van der Waals surface area (Å²) in [6, 6.07) is 7.30. The highest BCUT2D eigenvalue weighted by atomic mass is 32.2. The minimum absolute atomic E-state index is 0.140. The van der Waals surface area contributed by atoms with Gasteiger partial charge in [-0.3, -0.25) is 0 Å². The lowest BCUT2D eigenvalue weighted by Gasteiger charge is -2.24. The Bertz CT molecular complexity index is 532. The predicted octanol–water partition coefficient (Wildman–Crippen LogP) is 1.99. The van der Waals surface area contributed by atoms with Crippen molar-refractivity contribution in [3.05, 3.63) is 29.8 Å². The summed E-state index contributed by atoms with van der Waals surface area (Å²) in [7, 11) is -1.26. The van der Waals surface area contributed by atoms with E-state index in [0.29, 0.717) is 24.0 Å². The Kier molecular flexibility index (Phi) is 7.73. The number of thioether (sulfide) groups is 1. The van der Waals surface area contributed by atoms with Crippen molar-refractivity contribution in [3.8, 4) is 0 Å². The van der Waals surface area contributed by atoms with Gasteiger partial charge in [-0.05, 0) is 50.1 Å². The van der Waals surface area contributed by atoms with Crippen molar-refractivity contribution in [2.45, 2.75) is 30.8 Å². The highest BCUT2D eigenvalue weighted by Crippen LogP contribution is 2.14. The van der Waals surface area contributed by atoms with Gasteiger partial charge in [-0.25, -0.2) is 8.42 Å². The molecule has 0 spiro atoms. The van der Waals surface area contributed by atoms with E-state index in [0.717, 1.165) is 17.7 Å². The Morgan fingerprint density at radius 1 is 1.38 bits per heavy atom. The first-order valence-corrected chi connectivity index (χ1v) is 10.2. The van der Waals surface area contributed by atoms with Crippen molar-refractivity contribution in [1.29, 1.82) is 0 Å².